The lowest BCUT2D eigenvalue weighted by Gasteiger charge is -2.17. The second kappa shape index (κ2) is 6.48. The van der Waals surface area contributed by atoms with Crippen molar-refractivity contribution in [2.24, 2.45) is 5.10 Å². The maximum absolute atomic E-state index is 13.5. The Morgan fingerprint density at radius 3 is 2.59 bits per heavy atom. The van der Waals surface area contributed by atoms with Crippen LogP contribution in [-0.2, 0) is 14.8 Å². The van der Waals surface area contributed by atoms with Gasteiger partial charge in [0.1, 0.15) is 12.4 Å². The summed E-state index contributed by atoms with van der Waals surface area (Å²) in [6.45, 7) is -0.426. The third-order valence-electron chi connectivity index (χ3n) is 4.27. The summed E-state index contributed by atoms with van der Waals surface area (Å²) in [6, 6.07) is 16.2. The van der Waals surface area contributed by atoms with Gasteiger partial charge in [0, 0.05) is 10.9 Å². The first kappa shape index (κ1) is 17.2. The van der Waals surface area contributed by atoms with Crippen molar-refractivity contribution in [2.45, 2.75) is 4.90 Å². The van der Waals surface area contributed by atoms with E-state index >= 15 is 0 Å². The smallest absolute Gasteiger partial charge is 0.265 e. The molecule has 1 aliphatic heterocycles. The van der Waals surface area contributed by atoms with Crippen LogP contribution in [0.3, 0.4) is 0 Å². The molecule has 3 aromatic carbocycles. The summed E-state index contributed by atoms with van der Waals surface area (Å²) in [6.07, 6.45) is 1.17. The van der Waals surface area contributed by atoms with Gasteiger partial charge in [0.25, 0.3) is 15.9 Å². The molecule has 0 unspecified atom stereocenters. The van der Waals surface area contributed by atoms with Gasteiger partial charge < -0.3 is 0 Å². The number of nitrogens with zero attached hydrogens (tertiary/aromatic N) is 2. The molecule has 0 bridgehead atoms. The molecule has 0 aliphatic carbocycles. The van der Waals surface area contributed by atoms with Crippen LogP contribution in [0.25, 0.3) is 10.8 Å². The number of carbonyl (C=O) groups is 1. The molecule has 0 radical (unpaired) electrons. The van der Waals surface area contributed by atoms with Crippen LogP contribution in [-0.4, -0.2) is 27.1 Å². The van der Waals surface area contributed by atoms with Crippen LogP contribution in [0, 0.1) is 5.82 Å². The molecule has 4 rings (SSSR count). The third kappa shape index (κ3) is 2.93. The number of nitrogens with one attached hydrogen (secondary N) is 1. The zero-order valence-electron chi connectivity index (χ0n) is 14.0. The van der Waals surface area contributed by atoms with E-state index in [1.807, 2.05) is 12.1 Å². The predicted octanol–water partition coefficient (Wildman–Crippen LogP) is 2.64. The third-order valence-corrected chi connectivity index (χ3v) is 6.07. The highest BCUT2D eigenvalue weighted by Crippen LogP contribution is 2.41. The van der Waals surface area contributed by atoms with Crippen molar-refractivity contribution in [3.05, 3.63) is 72.0 Å². The summed E-state index contributed by atoms with van der Waals surface area (Å²) < 4.78 is 40.2. The van der Waals surface area contributed by atoms with Crippen LogP contribution >= 0.6 is 0 Å². The lowest BCUT2D eigenvalue weighted by atomic mass is 10.1. The highest BCUT2D eigenvalue weighted by molar-refractivity contribution is 7.93. The summed E-state index contributed by atoms with van der Waals surface area (Å²) in [7, 11) is -3.82. The van der Waals surface area contributed by atoms with Gasteiger partial charge in [-0.25, -0.2) is 18.2 Å². The lowest BCUT2D eigenvalue weighted by Crippen LogP contribution is -2.37. The fraction of sp³-hybridized carbons (Fsp3) is 0.0526. The minimum Gasteiger partial charge on any atom is -0.271 e. The van der Waals surface area contributed by atoms with Crippen LogP contribution in [0.1, 0.15) is 5.56 Å². The van der Waals surface area contributed by atoms with Crippen LogP contribution in [0.2, 0.25) is 0 Å². The van der Waals surface area contributed by atoms with Gasteiger partial charge in [-0.3, -0.25) is 9.10 Å². The highest BCUT2D eigenvalue weighted by Gasteiger charge is 2.36. The van der Waals surface area contributed by atoms with Crippen LogP contribution in [0.4, 0.5) is 10.1 Å². The largest absolute Gasteiger partial charge is 0.271 e. The summed E-state index contributed by atoms with van der Waals surface area (Å²) >= 11 is 0. The normalized spacial score (nSPS) is 14.8. The number of rotatable bonds is 4. The van der Waals surface area contributed by atoms with Crippen molar-refractivity contribution in [3.63, 3.8) is 0 Å². The Labute approximate surface area is 155 Å². The molecule has 136 valence electrons. The zero-order valence-corrected chi connectivity index (χ0v) is 14.8. The number of halogens is 1. The number of anilines is 1. The molecular weight excluding hydrogens is 369 g/mol. The van der Waals surface area contributed by atoms with E-state index in [0.29, 0.717) is 11.1 Å². The van der Waals surface area contributed by atoms with E-state index in [1.54, 1.807) is 30.3 Å². The van der Waals surface area contributed by atoms with Gasteiger partial charge in [0.15, 0.2) is 0 Å². The van der Waals surface area contributed by atoms with Crippen LogP contribution in [0.5, 0.6) is 0 Å². The number of benzene rings is 3. The van der Waals surface area contributed by atoms with Crippen molar-refractivity contribution in [3.8, 4) is 0 Å². The highest BCUT2D eigenvalue weighted by atomic mass is 32.2. The number of hydrogen-bond acceptors (Lipinski definition) is 4. The Kier molecular flexibility index (Phi) is 4.12. The second-order valence-electron chi connectivity index (χ2n) is 5.96. The molecular formula is C19H14FN3O3S. The Morgan fingerprint density at radius 1 is 1.07 bits per heavy atom. The summed E-state index contributed by atoms with van der Waals surface area (Å²) in [5.74, 6) is -1.10. The minimum atomic E-state index is -3.82. The fourth-order valence-corrected chi connectivity index (χ4v) is 4.71. The quantitative estimate of drug-likeness (QED) is 0.556. The van der Waals surface area contributed by atoms with Gasteiger partial charge >= 0.3 is 0 Å². The average molecular weight is 383 g/mol. The molecule has 3 aromatic rings. The van der Waals surface area contributed by atoms with E-state index in [0.717, 1.165) is 9.69 Å². The molecule has 27 heavy (non-hydrogen) atoms. The Morgan fingerprint density at radius 2 is 1.81 bits per heavy atom. The summed E-state index contributed by atoms with van der Waals surface area (Å²) in [5, 5.41) is 5.09. The maximum atomic E-state index is 13.5. The van der Waals surface area contributed by atoms with Crippen molar-refractivity contribution in [1.82, 2.24) is 5.43 Å². The summed E-state index contributed by atoms with van der Waals surface area (Å²) in [5.41, 5.74) is 2.91. The van der Waals surface area contributed by atoms with Gasteiger partial charge in [0.05, 0.1) is 16.8 Å². The van der Waals surface area contributed by atoms with E-state index in [4.69, 9.17) is 0 Å². The van der Waals surface area contributed by atoms with Crippen molar-refractivity contribution >= 4 is 38.6 Å². The molecule has 0 saturated heterocycles. The number of hydrazone groups is 1. The molecule has 0 atom stereocenters. The van der Waals surface area contributed by atoms with Crippen molar-refractivity contribution < 1.29 is 17.6 Å². The molecule has 1 aliphatic rings. The SMILES string of the molecule is O=C(CN1c2cccc3cccc(c23)S1(=O)=O)N/N=C\c1ccccc1F. The topological polar surface area (TPSA) is 78.8 Å². The van der Waals surface area contributed by atoms with Crippen molar-refractivity contribution in [1.29, 1.82) is 0 Å². The first-order chi connectivity index (χ1) is 13.0. The first-order valence-corrected chi connectivity index (χ1v) is 9.53. The fourth-order valence-electron chi connectivity index (χ4n) is 3.05. The standard InChI is InChI=1S/C19H14FN3O3S/c20-15-8-2-1-5-14(15)11-21-22-18(24)12-23-16-9-3-6-13-7-4-10-17(19(13)16)27(23,25)26/h1-11H,12H2,(H,22,24)/b21-11-. The number of amides is 1. The van der Waals surface area contributed by atoms with Crippen LogP contribution in [0.15, 0.2) is 70.7 Å². The molecule has 1 amide bonds. The lowest BCUT2D eigenvalue weighted by molar-refractivity contribution is -0.119. The van der Waals surface area contributed by atoms with Gasteiger partial charge in [-0.15, -0.1) is 0 Å². The van der Waals surface area contributed by atoms with E-state index in [9.17, 15) is 17.6 Å². The van der Waals surface area contributed by atoms with E-state index in [2.05, 4.69) is 10.5 Å². The molecule has 0 fully saturated rings. The zero-order chi connectivity index (χ0) is 19.0. The van der Waals surface area contributed by atoms with Gasteiger partial charge in [0.2, 0.25) is 0 Å². The van der Waals surface area contributed by atoms with Gasteiger partial charge in [-0.05, 0) is 23.6 Å². The number of carbonyl (C=O) groups excluding carboxylic acids is 1. The van der Waals surface area contributed by atoms with Crippen LogP contribution < -0.4 is 9.73 Å². The minimum absolute atomic E-state index is 0.179. The van der Waals surface area contributed by atoms with Gasteiger partial charge in [-0.1, -0.05) is 42.5 Å². The van der Waals surface area contributed by atoms with E-state index < -0.39 is 28.3 Å². The Bertz CT molecular complexity index is 1190. The number of hydrogen-bond donors (Lipinski definition) is 1. The summed E-state index contributed by atoms with van der Waals surface area (Å²) in [4.78, 5) is 12.4. The van der Waals surface area contributed by atoms with E-state index in [-0.39, 0.29) is 10.5 Å². The average Bonchev–Trinajstić information content (AvgIpc) is 2.87. The molecule has 0 spiro atoms. The molecule has 6 nitrogen and oxygen atoms in total. The monoisotopic (exact) mass is 383 g/mol. The molecule has 1 N–H and O–H groups in total. The van der Waals surface area contributed by atoms with E-state index in [1.165, 1.54) is 24.4 Å². The Hall–Kier alpha value is -3.26. The molecule has 0 saturated carbocycles. The Balaban J connectivity index is 1.56. The molecule has 8 heteroatoms. The maximum Gasteiger partial charge on any atom is 0.265 e. The number of sulfonamides is 1. The molecule has 1 heterocycles. The molecule has 0 aromatic heterocycles. The van der Waals surface area contributed by atoms with Crippen molar-refractivity contribution in [2.75, 3.05) is 10.8 Å². The van der Waals surface area contributed by atoms with Gasteiger partial charge in [-0.2, -0.15) is 5.10 Å². The first-order valence-electron chi connectivity index (χ1n) is 8.09. The predicted molar refractivity (Wildman–Crippen MR) is 101 cm³/mol. The second-order valence-corrected chi connectivity index (χ2v) is 7.79.